The number of non-ortho nitro benzene ring substituents is 1. The van der Waals surface area contributed by atoms with Crippen LogP contribution in [0.1, 0.15) is 31.0 Å². The third kappa shape index (κ3) is 4.12. The van der Waals surface area contributed by atoms with Gasteiger partial charge in [-0.15, -0.1) is 0 Å². The fraction of sp³-hybridized carbons (Fsp3) is 0.294. The highest BCUT2D eigenvalue weighted by Gasteiger charge is 2.25. The zero-order valence-corrected chi connectivity index (χ0v) is 13.3. The Morgan fingerprint density at radius 1 is 1.17 bits per heavy atom. The minimum atomic E-state index is -0.453. The summed E-state index contributed by atoms with van der Waals surface area (Å²) in [5.74, 6) is -0.0334. The fourth-order valence-electron chi connectivity index (χ4n) is 2.46. The topological polar surface area (TPSA) is 85.1 Å². The van der Waals surface area contributed by atoms with E-state index in [9.17, 15) is 14.9 Å². The molecular weight excluding hydrogens is 294 g/mol. The molecule has 1 amide bonds. The maximum Gasteiger partial charge on any atom is 0.269 e. The molecule has 1 N–H and O–H groups in total. The molecule has 23 heavy (non-hydrogen) atoms. The molecule has 0 radical (unpaired) electrons. The molecule has 0 bridgehead atoms. The van der Waals surface area contributed by atoms with Crippen molar-refractivity contribution in [1.82, 2.24) is 4.98 Å². The Morgan fingerprint density at radius 3 is 2.35 bits per heavy atom. The van der Waals surface area contributed by atoms with Gasteiger partial charge in [0.1, 0.15) is 5.82 Å². The number of nitro benzene ring substituents is 1. The number of benzene rings is 1. The normalized spacial score (nSPS) is 12.0. The molecule has 1 unspecified atom stereocenters. The average Bonchev–Trinajstić information content (AvgIpc) is 2.47. The number of nitrogens with zero attached hydrogens (tertiary/aromatic N) is 2. The van der Waals surface area contributed by atoms with Gasteiger partial charge in [0.05, 0.1) is 10.8 Å². The zero-order valence-electron chi connectivity index (χ0n) is 13.3. The van der Waals surface area contributed by atoms with Crippen LogP contribution in [0, 0.1) is 23.0 Å². The van der Waals surface area contributed by atoms with Crippen molar-refractivity contribution in [3.05, 3.63) is 63.8 Å². The fourth-order valence-corrected chi connectivity index (χ4v) is 2.46. The minimum absolute atomic E-state index is 0.0111. The highest BCUT2D eigenvalue weighted by atomic mass is 16.6. The molecule has 6 heteroatoms. The first-order valence-corrected chi connectivity index (χ1v) is 7.37. The number of aromatic nitrogens is 1. The predicted molar refractivity (Wildman–Crippen MR) is 88.3 cm³/mol. The highest BCUT2D eigenvalue weighted by Crippen LogP contribution is 2.27. The molecule has 2 aromatic rings. The number of anilines is 1. The standard InChI is InChI=1S/C17H19N3O3/c1-11(2)16(13-7-9-14(10-8-13)20(22)23)17(21)19-15-6-4-5-12(3)18-15/h4-11,16H,1-3H3,(H,18,19,21). The summed E-state index contributed by atoms with van der Waals surface area (Å²) in [4.78, 5) is 27.2. The van der Waals surface area contributed by atoms with Crippen molar-refractivity contribution in [2.24, 2.45) is 5.92 Å². The summed E-state index contributed by atoms with van der Waals surface area (Å²) in [7, 11) is 0. The maximum atomic E-state index is 12.6. The van der Waals surface area contributed by atoms with Gasteiger partial charge in [-0.1, -0.05) is 32.0 Å². The van der Waals surface area contributed by atoms with Crippen molar-refractivity contribution in [1.29, 1.82) is 0 Å². The summed E-state index contributed by atoms with van der Waals surface area (Å²) < 4.78 is 0. The van der Waals surface area contributed by atoms with E-state index in [2.05, 4.69) is 10.3 Å². The van der Waals surface area contributed by atoms with Crippen LogP contribution in [0.2, 0.25) is 0 Å². The van der Waals surface area contributed by atoms with Crippen LogP contribution in [-0.4, -0.2) is 15.8 Å². The first kappa shape index (κ1) is 16.6. The lowest BCUT2D eigenvalue weighted by atomic mass is 9.87. The Balaban J connectivity index is 2.23. The van der Waals surface area contributed by atoms with Crippen molar-refractivity contribution >= 4 is 17.4 Å². The summed E-state index contributed by atoms with van der Waals surface area (Å²) in [5, 5.41) is 13.6. The second kappa shape index (κ2) is 7.00. The smallest absolute Gasteiger partial charge is 0.269 e. The average molecular weight is 313 g/mol. The van der Waals surface area contributed by atoms with E-state index in [-0.39, 0.29) is 17.5 Å². The molecule has 1 aromatic carbocycles. The van der Waals surface area contributed by atoms with Gasteiger partial charge in [-0.2, -0.15) is 0 Å². The molecule has 1 heterocycles. The molecule has 0 spiro atoms. The third-order valence-electron chi connectivity index (χ3n) is 3.55. The van der Waals surface area contributed by atoms with Crippen molar-refractivity contribution < 1.29 is 9.72 Å². The third-order valence-corrected chi connectivity index (χ3v) is 3.55. The number of hydrogen-bond donors (Lipinski definition) is 1. The van der Waals surface area contributed by atoms with Crippen LogP contribution in [0.3, 0.4) is 0 Å². The Hall–Kier alpha value is -2.76. The zero-order chi connectivity index (χ0) is 17.0. The molecule has 120 valence electrons. The maximum absolute atomic E-state index is 12.6. The number of hydrogen-bond acceptors (Lipinski definition) is 4. The molecule has 0 aliphatic rings. The number of amides is 1. The number of carbonyl (C=O) groups is 1. The van der Waals surface area contributed by atoms with Gasteiger partial charge in [-0.05, 0) is 30.5 Å². The van der Waals surface area contributed by atoms with E-state index < -0.39 is 10.8 Å². The van der Waals surface area contributed by atoms with E-state index in [0.717, 1.165) is 11.3 Å². The molecule has 1 aromatic heterocycles. The number of carbonyl (C=O) groups excluding carboxylic acids is 1. The SMILES string of the molecule is Cc1cccc(NC(=O)C(c2ccc([N+](=O)[O-])cc2)C(C)C)n1. The lowest BCUT2D eigenvalue weighted by Crippen LogP contribution is -2.25. The van der Waals surface area contributed by atoms with Crippen molar-refractivity contribution in [2.75, 3.05) is 5.32 Å². The Morgan fingerprint density at radius 2 is 1.83 bits per heavy atom. The molecule has 0 aliphatic heterocycles. The largest absolute Gasteiger partial charge is 0.310 e. The molecule has 0 saturated carbocycles. The van der Waals surface area contributed by atoms with E-state index >= 15 is 0 Å². The van der Waals surface area contributed by atoms with Gasteiger partial charge in [0.15, 0.2) is 0 Å². The van der Waals surface area contributed by atoms with Crippen LogP contribution in [0.25, 0.3) is 0 Å². The van der Waals surface area contributed by atoms with Gasteiger partial charge in [0.2, 0.25) is 5.91 Å². The number of pyridine rings is 1. The minimum Gasteiger partial charge on any atom is -0.310 e. The quantitative estimate of drug-likeness (QED) is 0.674. The molecule has 2 rings (SSSR count). The van der Waals surface area contributed by atoms with Crippen LogP contribution in [-0.2, 0) is 4.79 Å². The van der Waals surface area contributed by atoms with E-state index in [0.29, 0.717) is 5.82 Å². The molecule has 1 atom stereocenters. The molecule has 0 saturated heterocycles. The van der Waals surface area contributed by atoms with Crippen LogP contribution >= 0.6 is 0 Å². The molecular formula is C17H19N3O3. The van der Waals surface area contributed by atoms with Crippen molar-refractivity contribution in [2.45, 2.75) is 26.7 Å². The lowest BCUT2D eigenvalue weighted by Gasteiger charge is -2.20. The second-order valence-electron chi connectivity index (χ2n) is 5.72. The van der Waals surface area contributed by atoms with Gasteiger partial charge in [-0.25, -0.2) is 4.98 Å². The van der Waals surface area contributed by atoms with Crippen molar-refractivity contribution in [3.63, 3.8) is 0 Å². The first-order chi connectivity index (χ1) is 10.9. The Bertz CT molecular complexity index is 711. The predicted octanol–water partition coefficient (Wildman–Crippen LogP) is 3.68. The first-order valence-electron chi connectivity index (χ1n) is 7.37. The Kier molecular flexibility index (Phi) is 5.05. The van der Waals surface area contributed by atoms with Crippen LogP contribution in [0.4, 0.5) is 11.5 Å². The van der Waals surface area contributed by atoms with Crippen LogP contribution in [0.5, 0.6) is 0 Å². The van der Waals surface area contributed by atoms with Crippen LogP contribution in [0.15, 0.2) is 42.5 Å². The van der Waals surface area contributed by atoms with Gasteiger partial charge in [0.25, 0.3) is 5.69 Å². The number of nitrogens with one attached hydrogen (secondary N) is 1. The lowest BCUT2D eigenvalue weighted by molar-refractivity contribution is -0.384. The molecule has 0 fully saturated rings. The van der Waals surface area contributed by atoms with E-state index in [4.69, 9.17) is 0 Å². The number of rotatable bonds is 5. The van der Waals surface area contributed by atoms with E-state index in [1.807, 2.05) is 32.9 Å². The number of nitro groups is 1. The highest BCUT2D eigenvalue weighted by molar-refractivity contribution is 5.95. The van der Waals surface area contributed by atoms with E-state index in [1.165, 1.54) is 12.1 Å². The summed E-state index contributed by atoms with van der Waals surface area (Å²) in [6.45, 7) is 5.73. The van der Waals surface area contributed by atoms with Gasteiger partial charge in [0, 0.05) is 17.8 Å². The Labute approximate surface area is 134 Å². The van der Waals surface area contributed by atoms with Gasteiger partial charge >= 0.3 is 0 Å². The van der Waals surface area contributed by atoms with Crippen LogP contribution < -0.4 is 5.32 Å². The molecule has 6 nitrogen and oxygen atoms in total. The number of aryl methyl sites for hydroxylation is 1. The van der Waals surface area contributed by atoms with Gasteiger partial charge in [-0.3, -0.25) is 14.9 Å². The van der Waals surface area contributed by atoms with Crippen molar-refractivity contribution in [3.8, 4) is 0 Å². The summed E-state index contributed by atoms with van der Waals surface area (Å²) in [5.41, 5.74) is 1.58. The second-order valence-corrected chi connectivity index (χ2v) is 5.72. The summed E-state index contributed by atoms with van der Waals surface area (Å²) in [6.07, 6.45) is 0. The monoisotopic (exact) mass is 313 g/mol. The van der Waals surface area contributed by atoms with E-state index in [1.54, 1.807) is 18.2 Å². The summed E-state index contributed by atoms with van der Waals surface area (Å²) in [6, 6.07) is 11.5. The molecule has 0 aliphatic carbocycles. The van der Waals surface area contributed by atoms with Gasteiger partial charge < -0.3 is 5.32 Å². The summed E-state index contributed by atoms with van der Waals surface area (Å²) >= 11 is 0.